The summed E-state index contributed by atoms with van der Waals surface area (Å²) in [6.45, 7) is 4.18. The Morgan fingerprint density at radius 2 is 1.96 bits per heavy atom. The molecular weight excluding hydrogens is 339 g/mol. The molecule has 6 heteroatoms. The van der Waals surface area contributed by atoms with Gasteiger partial charge in [-0.2, -0.15) is 0 Å². The van der Waals surface area contributed by atoms with Gasteiger partial charge in [0.1, 0.15) is 17.3 Å². The standard InChI is InChI=1S/C19H19FN2O2S/c1-13-7-8-15(11-17(13)20)21-19(25)22(12-16-5-3-9-23-16)14(2)18-6-4-10-24-18/h3-11,14H,12H2,1-2H3,(H,21,25). The number of nitrogens with one attached hydrogen (secondary N) is 1. The van der Waals surface area contributed by atoms with Crippen LogP contribution >= 0.6 is 12.2 Å². The molecule has 2 aromatic heterocycles. The summed E-state index contributed by atoms with van der Waals surface area (Å²) in [5.41, 5.74) is 1.19. The number of nitrogens with zero attached hydrogens (tertiary/aromatic N) is 1. The number of thiocarbonyl (C=S) groups is 1. The lowest BCUT2D eigenvalue weighted by molar-refractivity contribution is 0.269. The van der Waals surface area contributed by atoms with E-state index in [0.29, 0.717) is 22.9 Å². The number of hydrogen-bond acceptors (Lipinski definition) is 3. The molecule has 130 valence electrons. The zero-order valence-electron chi connectivity index (χ0n) is 14.0. The van der Waals surface area contributed by atoms with Crippen molar-refractivity contribution in [3.8, 4) is 0 Å². The highest BCUT2D eigenvalue weighted by atomic mass is 32.1. The van der Waals surface area contributed by atoms with E-state index < -0.39 is 0 Å². The Kier molecular flexibility index (Phi) is 5.19. The quantitative estimate of drug-likeness (QED) is 0.629. The number of aryl methyl sites for hydroxylation is 1. The molecule has 1 N–H and O–H groups in total. The zero-order chi connectivity index (χ0) is 17.8. The molecule has 4 nitrogen and oxygen atoms in total. The molecule has 0 radical (unpaired) electrons. The molecular formula is C19H19FN2O2S. The smallest absolute Gasteiger partial charge is 0.174 e. The lowest BCUT2D eigenvalue weighted by Gasteiger charge is -2.30. The van der Waals surface area contributed by atoms with Gasteiger partial charge in [0, 0.05) is 5.69 Å². The normalized spacial score (nSPS) is 12.0. The Bertz CT molecular complexity index is 831. The van der Waals surface area contributed by atoms with Gasteiger partial charge in [0.15, 0.2) is 5.11 Å². The van der Waals surface area contributed by atoms with Crippen molar-refractivity contribution in [2.45, 2.75) is 26.4 Å². The molecule has 0 spiro atoms. The lowest BCUT2D eigenvalue weighted by atomic mass is 10.2. The van der Waals surface area contributed by atoms with Gasteiger partial charge in [0.25, 0.3) is 0 Å². The van der Waals surface area contributed by atoms with Crippen LogP contribution in [-0.4, -0.2) is 10.0 Å². The molecule has 1 atom stereocenters. The van der Waals surface area contributed by atoms with E-state index in [-0.39, 0.29) is 11.9 Å². The summed E-state index contributed by atoms with van der Waals surface area (Å²) < 4.78 is 24.7. The number of benzene rings is 1. The van der Waals surface area contributed by atoms with E-state index in [0.717, 1.165) is 11.5 Å². The molecule has 0 amide bonds. The van der Waals surface area contributed by atoms with Crippen molar-refractivity contribution in [3.05, 3.63) is 77.9 Å². The number of rotatable bonds is 5. The molecule has 3 rings (SSSR count). The molecule has 2 heterocycles. The van der Waals surface area contributed by atoms with Crippen molar-refractivity contribution >= 4 is 23.0 Å². The largest absolute Gasteiger partial charge is 0.467 e. The third-order valence-electron chi connectivity index (χ3n) is 4.01. The van der Waals surface area contributed by atoms with Crippen LogP contribution < -0.4 is 5.32 Å². The number of anilines is 1. The van der Waals surface area contributed by atoms with Crippen LogP contribution in [0.1, 0.15) is 30.0 Å². The van der Waals surface area contributed by atoms with Crippen LogP contribution in [0.5, 0.6) is 0 Å². The maximum absolute atomic E-state index is 13.8. The summed E-state index contributed by atoms with van der Waals surface area (Å²) in [7, 11) is 0. The molecule has 1 aromatic carbocycles. The molecule has 0 aliphatic rings. The fourth-order valence-corrected chi connectivity index (χ4v) is 2.84. The van der Waals surface area contributed by atoms with E-state index in [4.69, 9.17) is 21.1 Å². The van der Waals surface area contributed by atoms with Crippen LogP contribution in [0, 0.1) is 12.7 Å². The topological polar surface area (TPSA) is 41.5 Å². The van der Waals surface area contributed by atoms with Crippen molar-refractivity contribution in [3.63, 3.8) is 0 Å². The highest BCUT2D eigenvalue weighted by Crippen LogP contribution is 2.25. The molecule has 0 aliphatic carbocycles. The SMILES string of the molecule is Cc1ccc(NC(=S)N(Cc2ccco2)C(C)c2ccco2)cc1F. The predicted molar refractivity (Wildman–Crippen MR) is 98.7 cm³/mol. The Morgan fingerprint density at radius 1 is 1.20 bits per heavy atom. The first-order chi connectivity index (χ1) is 12.0. The van der Waals surface area contributed by atoms with E-state index in [1.807, 2.05) is 36.1 Å². The third-order valence-corrected chi connectivity index (χ3v) is 4.35. The first kappa shape index (κ1) is 17.2. The average Bonchev–Trinajstić information content (AvgIpc) is 3.28. The molecule has 25 heavy (non-hydrogen) atoms. The number of hydrogen-bond donors (Lipinski definition) is 1. The number of furan rings is 2. The minimum Gasteiger partial charge on any atom is -0.467 e. The Balaban J connectivity index is 1.82. The van der Waals surface area contributed by atoms with Gasteiger partial charge < -0.3 is 19.1 Å². The van der Waals surface area contributed by atoms with Crippen molar-refractivity contribution in [1.82, 2.24) is 4.90 Å². The minimum atomic E-state index is -0.274. The third kappa shape index (κ3) is 4.09. The van der Waals surface area contributed by atoms with Crippen molar-refractivity contribution < 1.29 is 13.2 Å². The molecule has 3 aromatic rings. The first-order valence-electron chi connectivity index (χ1n) is 7.94. The van der Waals surface area contributed by atoms with Gasteiger partial charge in [-0.3, -0.25) is 0 Å². The fraction of sp³-hybridized carbons (Fsp3) is 0.211. The lowest BCUT2D eigenvalue weighted by Crippen LogP contribution is -2.36. The van der Waals surface area contributed by atoms with Crippen LogP contribution in [-0.2, 0) is 6.54 Å². The van der Waals surface area contributed by atoms with E-state index in [1.54, 1.807) is 31.6 Å². The van der Waals surface area contributed by atoms with Crippen LogP contribution in [0.15, 0.2) is 63.8 Å². The van der Waals surface area contributed by atoms with E-state index in [9.17, 15) is 4.39 Å². The van der Waals surface area contributed by atoms with E-state index in [1.165, 1.54) is 6.07 Å². The average molecular weight is 358 g/mol. The second-order valence-electron chi connectivity index (χ2n) is 5.79. The van der Waals surface area contributed by atoms with E-state index in [2.05, 4.69) is 5.32 Å². The maximum atomic E-state index is 13.8. The fourth-order valence-electron chi connectivity index (χ4n) is 2.50. The van der Waals surface area contributed by atoms with Gasteiger partial charge in [-0.1, -0.05) is 6.07 Å². The Morgan fingerprint density at radius 3 is 2.60 bits per heavy atom. The van der Waals surface area contributed by atoms with Gasteiger partial charge >= 0.3 is 0 Å². The molecule has 0 fully saturated rings. The monoisotopic (exact) mass is 358 g/mol. The Hall–Kier alpha value is -2.60. The van der Waals surface area contributed by atoms with Gasteiger partial charge in [-0.05, 0) is 68.0 Å². The van der Waals surface area contributed by atoms with Crippen molar-refractivity contribution in [2.24, 2.45) is 0 Å². The molecule has 0 saturated carbocycles. The summed E-state index contributed by atoms with van der Waals surface area (Å²) in [5, 5.41) is 3.56. The highest BCUT2D eigenvalue weighted by molar-refractivity contribution is 7.80. The maximum Gasteiger partial charge on any atom is 0.174 e. The summed E-state index contributed by atoms with van der Waals surface area (Å²) in [6.07, 6.45) is 3.25. The van der Waals surface area contributed by atoms with Crippen LogP contribution in [0.2, 0.25) is 0 Å². The summed E-state index contributed by atoms with van der Waals surface area (Å²) in [5.74, 6) is 1.29. The molecule has 0 bridgehead atoms. The summed E-state index contributed by atoms with van der Waals surface area (Å²) >= 11 is 5.57. The minimum absolute atomic E-state index is 0.115. The van der Waals surface area contributed by atoms with Gasteiger partial charge in [-0.25, -0.2) is 4.39 Å². The molecule has 0 saturated heterocycles. The highest BCUT2D eigenvalue weighted by Gasteiger charge is 2.22. The first-order valence-corrected chi connectivity index (χ1v) is 8.35. The van der Waals surface area contributed by atoms with Crippen molar-refractivity contribution in [1.29, 1.82) is 0 Å². The van der Waals surface area contributed by atoms with Gasteiger partial charge in [0.05, 0.1) is 25.1 Å². The van der Waals surface area contributed by atoms with Gasteiger partial charge in [0.2, 0.25) is 0 Å². The predicted octanol–water partition coefficient (Wildman–Crippen LogP) is 5.28. The number of halogens is 1. The van der Waals surface area contributed by atoms with E-state index >= 15 is 0 Å². The molecule has 0 aliphatic heterocycles. The second-order valence-corrected chi connectivity index (χ2v) is 6.18. The Labute approximate surface area is 151 Å². The second kappa shape index (κ2) is 7.53. The zero-order valence-corrected chi connectivity index (χ0v) is 14.8. The van der Waals surface area contributed by atoms with Crippen molar-refractivity contribution in [2.75, 3.05) is 5.32 Å². The van der Waals surface area contributed by atoms with Gasteiger partial charge in [-0.15, -0.1) is 0 Å². The van der Waals surface area contributed by atoms with Crippen LogP contribution in [0.3, 0.4) is 0 Å². The molecule has 1 unspecified atom stereocenters. The summed E-state index contributed by atoms with van der Waals surface area (Å²) in [6, 6.07) is 12.3. The van der Waals surface area contributed by atoms with Crippen LogP contribution in [0.4, 0.5) is 10.1 Å². The summed E-state index contributed by atoms with van der Waals surface area (Å²) in [4.78, 5) is 1.94. The van der Waals surface area contributed by atoms with Crippen LogP contribution in [0.25, 0.3) is 0 Å².